The second kappa shape index (κ2) is 14.3. The SMILES string of the molecule is CCCCCCCCCCOc1ccc(-c2ncc(OC(C)C(=O)OCC)cn2)nc1. The average Bonchev–Trinajstić information content (AvgIpc) is 2.79. The third kappa shape index (κ3) is 9.32. The van der Waals surface area contributed by atoms with Crippen LogP contribution in [0.25, 0.3) is 11.5 Å². The topological polar surface area (TPSA) is 83.4 Å². The first kappa shape index (κ1) is 24.6. The quantitative estimate of drug-likeness (QED) is 0.277. The Hall–Kier alpha value is -2.70. The number of ether oxygens (including phenoxy) is 3. The van der Waals surface area contributed by atoms with Crippen molar-refractivity contribution in [2.45, 2.75) is 78.2 Å². The van der Waals surface area contributed by atoms with Gasteiger partial charge in [0.25, 0.3) is 0 Å². The molecule has 0 aliphatic rings. The molecule has 7 heteroatoms. The maximum absolute atomic E-state index is 11.6. The lowest BCUT2D eigenvalue weighted by Crippen LogP contribution is -2.26. The molecule has 2 aromatic heterocycles. The van der Waals surface area contributed by atoms with Crippen molar-refractivity contribution in [1.82, 2.24) is 15.0 Å². The molecular weight excluding hydrogens is 394 g/mol. The minimum Gasteiger partial charge on any atom is -0.492 e. The van der Waals surface area contributed by atoms with Crippen molar-refractivity contribution in [3.8, 4) is 23.0 Å². The van der Waals surface area contributed by atoms with Gasteiger partial charge in [0.05, 0.1) is 31.8 Å². The van der Waals surface area contributed by atoms with E-state index in [1.165, 1.54) is 57.3 Å². The van der Waals surface area contributed by atoms with E-state index in [1.54, 1.807) is 20.0 Å². The van der Waals surface area contributed by atoms with Crippen LogP contribution in [0.2, 0.25) is 0 Å². The summed E-state index contributed by atoms with van der Waals surface area (Å²) in [5, 5.41) is 0. The van der Waals surface area contributed by atoms with Gasteiger partial charge < -0.3 is 14.2 Å². The lowest BCUT2D eigenvalue weighted by molar-refractivity contribution is -0.150. The molecule has 2 rings (SSSR count). The summed E-state index contributed by atoms with van der Waals surface area (Å²) in [4.78, 5) is 24.6. The number of hydrogen-bond donors (Lipinski definition) is 0. The number of unbranched alkanes of at least 4 members (excludes halogenated alkanes) is 7. The van der Waals surface area contributed by atoms with E-state index >= 15 is 0 Å². The average molecular weight is 430 g/mol. The zero-order chi connectivity index (χ0) is 22.3. The molecule has 0 aliphatic carbocycles. The van der Waals surface area contributed by atoms with Crippen molar-refractivity contribution in [2.24, 2.45) is 0 Å². The number of esters is 1. The summed E-state index contributed by atoms with van der Waals surface area (Å²) in [5.74, 6) is 1.20. The van der Waals surface area contributed by atoms with Gasteiger partial charge in [-0.3, -0.25) is 0 Å². The molecule has 0 N–H and O–H groups in total. The third-order valence-corrected chi connectivity index (χ3v) is 4.79. The Kier molecular flexibility index (Phi) is 11.4. The molecule has 0 saturated carbocycles. The van der Waals surface area contributed by atoms with Gasteiger partial charge >= 0.3 is 5.97 Å². The predicted octanol–water partition coefficient (Wildman–Crippen LogP) is 5.39. The van der Waals surface area contributed by atoms with Crippen molar-refractivity contribution in [3.05, 3.63) is 30.7 Å². The summed E-state index contributed by atoms with van der Waals surface area (Å²) in [6.45, 7) is 6.64. The van der Waals surface area contributed by atoms with E-state index in [0.717, 1.165) is 12.2 Å². The summed E-state index contributed by atoms with van der Waals surface area (Å²) < 4.78 is 16.2. The van der Waals surface area contributed by atoms with Crippen LogP contribution in [0.15, 0.2) is 30.7 Å². The molecule has 0 fully saturated rings. The van der Waals surface area contributed by atoms with Gasteiger partial charge in [0.15, 0.2) is 17.7 Å². The van der Waals surface area contributed by atoms with Gasteiger partial charge in [0.2, 0.25) is 0 Å². The number of aromatic nitrogens is 3. The monoisotopic (exact) mass is 429 g/mol. The zero-order valence-corrected chi connectivity index (χ0v) is 19.0. The van der Waals surface area contributed by atoms with E-state index in [2.05, 4.69) is 21.9 Å². The second-order valence-corrected chi connectivity index (χ2v) is 7.46. The van der Waals surface area contributed by atoms with Crippen LogP contribution in [0.3, 0.4) is 0 Å². The minimum atomic E-state index is -0.718. The highest BCUT2D eigenvalue weighted by molar-refractivity contribution is 5.74. The Balaban J connectivity index is 1.72. The van der Waals surface area contributed by atoms with Crippen LogP contribution in [0.5, 0.6) is 11.5 Å². The van der Waals surface area contributed by atoms with Gasteiger partial charge in [-0.05, 0) is 32.4 Å². The molecule has 1 unspecified atom stereocenters. The molecule has 7 nitrogen and oxygen atoms in total. The van der Waals surface area contributed by atoms with Crippen LogP contribution in [0.4, 0.5) is 0 Å². The molecule has 0 aromatic carbocycles. The van der Waals surface area contributed by atoms with Gasteiger partial charge in [-0.25, -0.2) is 19.7 Å². The van der Waals surface area contributed by atoms with Crippen LogP contribution in [-0.2, 0) is 9.53 Å². The van der Waals surface area contributed by atoms with Gasteiger partial charge in [0, 0.05) is 0 Å². The largest absolute Gasteiger partial charge is 0.492 e. The molecule has 0 saturated heterocycles. The van der Waals surface area contributed by atoms with E-state index < -0.39 is 12.1 Å². The van der Waals surface area contributed by atoms with E-state index in [1.807, 2.05) is 12.1 Å². The van der Waals surface area contributed by atoms with Crippen LogP contribution >= 0.6 is 0 Å². The molecular formula is C24H35N3O4. The number of carbonyl (C=O) groups excluding carboxylic acids is 1. The Labute approximate surface area is 185 Å². The summed E-state index contributed by atoms with van der Waals surface area (Å²) in [6.07, 6.45) is 14.2. The summed E-state index contributed by atoms with van der Waals surface area (Å²) in [7, 11) is 0. The fourth-order valence-electron chi connectivity index (χ4n) is 3.05. The highest BCUT2D eigenvalue weighted by Crippen LogP contribution is 2.18. The number of carbonyl (C=O) groups is 1. The van der Waals surface area contributed by atoms with Crippen molar-refractivity contribution < 1.29 is 19.0 Å². The molecule has 31 heavy (non-hydrogen) atoms. The van der Waals surface area contributed by atoms with Gasteiger partial charge in [0.1, 0.15) is 11.4 Å². The molecule has 0 spiro atoms. The van der Waals surface area contributed by atoms with Crippen molar-refractivity contribution in [2.75, 3.05) is 13.2 Å². The molecule has 0 radical (unpaired) electrons. The lowest BCUT2D eigenvalue weighted by Gasteiger charge is -2.12. The molecule has 2 heterocycles. The smallest absolute Gasteiger partial charge is 0.347 e. The Morgan fingerprint density at radius 2 is 1.52 bits per heavy atom. The molecule has 0 bridgehead atoms. The zero-order valence-electron chi connectivity index (χ0n) is 19.0. The number of rotatable bonds is 15. The lowest BCUT2D eigenvalue weighted by atomic mass is 10.1. The van der Waals surface area contributed by atoms with Gasteiger partial charge in [-0.15, -0.1) is 0 Å². The fraction of sp³-hybridized carbons (Fsp3) is 0.583. The van der Waals surface area contributed by atoms with Crippen molar-refractivity contribution in [1.29, 1.82) is 0 Å². The van der Waals surface area contributed by atoms with Crippen molar-refractivity contribution >= 4 is 5.97 Å². The highest BCUT2D eigenvalue weighted by Gasteiger charge is 2.16. The molecule has 170 valence electrons. The van der Waals surface area contributed by atoms with Crippen LogP contribution in [-0.4, -0.2) is 40.2 Å². The van der Waals surface area contributed by atoms with E-state index in [-0.39, 0.29) is 0 Å². The summed E-state index contributed by atoms with van der Waals surface area (Å²) >= 11 is 0. The Morgan fingerprint density at radius 3 is 2.13 bits per heavy atom. The third-order valence-electron chi connectivity index (χ3n) is 4.79. The first-order valence-electron chi connectivity index (χ1n) is 11.4. The maximum atomic E-state index is 11.6. The normalized spacial score (nSPS) is 11.7. The van der Waals surface area contributed by atoms with E-state index in [4.69, 9.17) is 14.2 Å². The molecule has 0 aliphatic heterocycles. The predicted molar refractivity (Wildman–Crippen MR) is 120 cm³/mol. The summed E-state index contributed by atoms with van der Waals surface area (Å²) in [5.41, 5.74) is 0.643. The summed E-state index contributed by atoms with van der Waals surface area (Å²) in [6, 6.07) is 3.71. The number of hydrogen-bond acceptors (Lipinski definition) is 7. The highest BCUT2D eigenvalue weighted by atomic mass is 16.6. The fourth-order valence-corrected chi connectivity index (χ4v) is 3.05. The molecule has 2 aromatic rings. The standard InChI is InChI=1S/C24H35N3O4/c1-4-6-7-8-9-10-11-12-15-30-20-13-14-22(25-16-20)23-26-17-21(18-27-23)31-19(3)24(28)29-5-2/h13-14,16-19H,4-12,15H2,1-3H3. The second-order valence-electron chi connectivity index (χ2n) is 7.46. The first-order chi connectivity index (χ1) is 15.1. The minimum absolute atomic E-state index is 0.312. The van der Waals surface area contributed by atoms with Gasteiger partial charge in [-0.1, -0.05) is 51.9 Å². The van der Waals surface area contributed by atoms with E-state index in [9.17, 15) is 4.79 Å². The molecule has 1 atom stereocenters. The Morgan fingerprint density at radius 1 is 0.871 bits per heavy atom. The van der Waals surface area contributed by atoms with Gasteiger partial charge in [-0.2, -0.15) is 0 Å². The van der Waals surface area contributed by atoms with Crippen LogP contribution < -0.4 is 9.47 Å². The van der Waals surface area contributed by atoms with Crippen LogP contribution in [0, 0.1) is 0 Å². The Bertz CT molecular complexity index is 750. The van der Waals surface area contributed by atoms with Crippen LogP contribution in [0.1, 0.15) is 72.1 Å². The van der Waals surface area contributed by atoms with E-state index in [0.29, 0.717) is 30.5 Å². The number of pyridine rings is 1. The first-order valence-corrected chi connectivity index (χ1v) is 11.4. The van der Waals surface area contributed by atoms with Crippen molar-refractivity contribution in [3.63, 3.8) is 0 Å². The maximum Gasteiger partial charge on any atom is 0.347 e. The molecule has 0 amide bonds. The number of nitrogens with zero attached hydrogens (tertiary/aromatic N) is 3.